The van der Waals surface area contributed by atoms with Crippen molar-refractivity contribution in [1.29, 1.82) is 0 Å². The highest BCUT2D eigenvalue weighted by molar-refractivity contribution is 7.86. The van der Waals surface area contributed by atoms with Crippen LogP contribution in [-0.4, -0.2) is 27.9 Å². The Kier molecular flexibility index (Phi) is 6.70. The summed E-state index contributed by atoms with van der Waals surface area (Å²) in [6.45, 7) is 6.50. The number of hydrogen-bond acceptors (Lipinski definition) is 8. The first-order chi connectivity index (χ1) is 11.0. The number of nitrogens with zero attached hydrogens (tertiary/aromatic N) is 3. The largest absolute Gasteiger partial charge is 0.398 e. The van der Waals surface area contributed by atoms with Crippen molar-refractivity contribution in [2.75, 3.05) is 16.8 Å². The molecule has 24 heavy (non-hydrogen) atoms. The molecule has 132 valence electrons. The summed E-state index contributed by atoms with van der Waals surface area (Å²) in [5, 5.41) is 2.63. The Morgan fingerprint density at radius 1 is 1.17 bits per heavy atom. The van der Waals surface area contributed by atoms with Gasteiger partial charge in [-0.05, 0) is 35.7 Å². The number of rotatable bonds is 3. The summed E-state index contributed by atoms with van der Waals surface area (Å²) >= 11 is 5.61. The number of nitrogens with one attached hydrogen (secondary N) is 1. The van der Waals surface area contributed by atoms with Gasteiger partial charge in [0, 0.05) is 5.69 Å². The van der Waals surface area contributed by atoms with Crippen molar-refractivity contribution in [3.63, 3.8) is 0 Å². The first-order valence-electron chi connectivity index (χ1n) is 6.80. The van der Waals surface area contributed by atoms with Crippen LogP contribution in [-0.2, 0) is 10.1 Å². The Morgan fingerprint density at radius 2 is 1.75 bits per heavy atom. The highest BCUT2D eigenvalue weighted by Gasteiger charge is 2.14. The van der Waals surface area contributed by atoms with E-state index in [1.54, 1.807) is 0 Å². The topological polar surface area (TPSA) is 157 Å². The minimum Gasteiger partial charge on any atom is -0.398 e. The van der Waals surface area contributed by atoms with Crippen LogP contribution < -0.4 is 16.8 Å². The normalized spacial score (nSPS) is 10.9. The Hall–Kier alpha value is -2.17. The number of benzene rings is 1. The van der Waals surface area contributed by atoms with Crippen molar-refractivity contribution >= 4 is 45.0 Å². The first kappa shape index (κ1) is 19.9. The molecule has 0 fully saturated rings. The van der Waals surface area contributed by atoms with Crippen LogP contribution >= 0.6 is 11.6 Å². The number of halogens is 1. The Bertz CT molecular complexity index is 790. The molecule has 0 amide bonds. The van der Waals surface area contributed by atoms with E-state index >= 15 is 0 Å². The second-order valence-corrected chi connectivity index (χ2v) is 7.10. The molecule has 0 aliphatic rings. The molecule has 0 unspecified atom stereocenters. The summed E-state index contributed by atoms with van der Waals surface area (Å²) in [4.78, 5) is 10.7. The van der Waals surface area contributed by atoms with Crippen molar-refractivity contribution in [3.05, 3.63) is 23.5 Å². The summed E-state index contributed by atoms with van der Waals surface area (Å²) in [6, 6.07) is 3.80. The van der Waals surface area contributed by atoms with Gasteiger partial charge in [0.1, 0.15) is 4.90 Å². The van der Waals surface area contributed by atoms with Crippen LogP contribution in [0.4, 0.5) is 23.3 Å². The second-order valence-electron chi connectivity index (χ2n) is 5.37. The zero-order chi connectivity index (χ0) is 18.5. The van der Waals surface area contributed by atoms with Gasteiger partial charge >= 0.3 is 0 Å². The van der Waals surface area contributed by atoms with Crippen LogP contribution in [0.3, 0.4) is 0 Å². The van der Waals surface area contributed by atoms with E-state index in [-0.39, 0.29) is 22.9 Å². The van der Waals surface area contributed by atoms with Gasteiger partial charge in [-0.2, -0.15) is 23.4 Å². The van der Waals surface area contributed by atoms with Gasteiger partial charge in [0.15, 0.2) is 0 Å². The molecule has 1 heterocycles. The molecule has 9 nitrogen and oxygen atoms in total. The van der Waals surface area contributed by atoms with Gasteiger partial charge in [-0.1, -0.05) is 20.8 Å². The molecule has 2 rings (SSSR count). The van der Waals surface area contributed by atoms with Gasteiger partial charge in [0.05, 0.1) is 5.69 Å². The fourth-order valence-electron chi connectivity index (χ4n) is 1.41. The van der Waals surface area contributed by atoms with E-state index in [9.17, 15) is 8.42 Å². The third-order valence-electron chi connectivity index (χ3n) is 2.17. The molecular formula is C13H19ClN6O3S. The SMILES string of the molecule is CC(C)C.Nc1nc(Cl)nc(Nc2ccc(S(=O)(=O)O)c(N)c2)n1. The monoisotopic (exact) mass is 374 g/mol. The fourth-order valence-corrected chi connectivity index (χ4v) is 2.17. The number of nitrogen functional groups attached to an aromatic ring is 2. The van der Waals surface area contributed by atoms with Crippen molar-refractivity contribution in [1.82, 2.24) is 15.0 Å². The first-order valence-corrected chi connectivity index (χ1v) is 8.62. The van der Waals surface area contributed by atoms with Crippen LogP contribution in [0.5, 0.6) is 0 Å². The Labute approximate surface area is 145 Å². The van der Waals surface area contributed by atoms with Gasteiger partial charge in [-0.3, -0.25) is 4.55 Å². The second kappa shape index (κ2) is 8.08. The number of aromatic nitrogens is 3. The van der Waals surface area contributed by atoms with E-state index in [1.807, 2.05) is 0 Å². The van der Waals surface area contributed by atoms with Gasteiger partial charge < -0.3 is 16.8 Å². The Balaban J connectivity index is 0.000000648. The maximum Gasteiger partial charge on any atom is 0.296 e. The van der Waals surface area contributed by atoms with Crippen molar-refractivity contribution in [2.24, 2.45) is 5.92 Å². The van der Waals surface area contributed by atoms with Crippen LogP contribution in [0.1, 0.15) is 20.8 Å². The predicted octanol–water partition coefficient (Wildman–Crippen LogP) is 2.34. The molecule has 0 aliphatic carbocycles. The van der Waals surface area contributed by atoms with E-state index in [1.165, 1.54) is 12.1 Å². The van der Waals surface area contributed by atoms with Crippen LogP contribution in [0.15, 0.2) is 23.1 Å². The lowest BCUT2D eigenvalue weighted by Crippen LogP contribution is -2.05. The summed E-state index contributed by atoms with van der Waals surface area (Å²) in [7, 11) is -4.37. The molecule has 0 bridgehead atoms. The van der Waals surface area contributed by atoms with Gasteiger partial charge in [-0.15, -0.1) is 0 Å². The van der Waals surface area contributed by atoms with E-state index < -0.39 is 15.0 Å². The molecule has 1 aromatic heterocycles. The highest BCUT2D eigenvalue weighted by Crippen LogP contribution is 2.24. The molecular weight excluding hydrogens is 356 g/mol. The third-order valence-corrected chi connectivity index (χ3v) is 3.27. The van der Waals surface area contributed by atoms with E-state index in [2.05, 4.69) is 41.0 Å². The standard InChI is InChI=1S/C9H9ClN6O3S.C4H10/c10-7-14-8(12)16-9(15-7)13-4-1-2-6(5(11)3-4)20(17,18)19;1-4(2)3/h1-3H,11H2,(H,17,18,19)(H3,12,13,14,15,16);4H,1-3H3. The van der Waals surface area contributed by atoms with E-state index in [4.69, 9.17) is 27.6 Å². The maximum absolute atomic E-state index is 11.0. The maximum atomic E-state index is 11.0. The average molecular weight is 375 g/mol. The van der Waals surface area contributed by atoms with Gasteiger partial charge in [0.25, 0.3) is 10.1 Å². The molecule has 0 radical (unpaired) electrons. The number of nitrogens with two attached hydrogens (primary N) is 2. The third kappa shape index (κ3) is 6.52. The van der Waals surface area contributed by atoms with Gasteiger partial charge in [-0.25, -0.2) is 0 Å². The molecule has 11 heteroatoms. The van der Waals surface area contributed by atoms with Gasteiger partial charge in [0.2, 0.25) is 17.2 Å². The molecule has 2 aromatic rings. The molecule has 0 saturated heterocycles. The molecule has 6 N–H and O–H groups in total. The summed E-state index contributed by atoms with van der Waals surface area (Å²) in [6.07, 6.45) is 0. The molecule has 0 aliphatic heterocycles. The fraction of sp³-hybridized carbons (Fsp3) is 0.308. The van der Waals surface area contributed by atoms with Crippen LogP contribution in [0, 0.1) is 5.92 Å². The lowest BCUT2D eigenvalue weighted by atomic mass is 10.3. The molecule has 0 atom stereocenters. The summed E-state index contributed by atoms with van der Waals surface area (Å²) < 4.78 is 30.9. The minimum absolute atomic E-state index is 0.0708. The highest BCUT2D eigenvalue weighted by atomic mass is 35.5. The number of anilines is 4. The van der Waals surface area contributed by atoms with Crippen LogP contribution in [0.25, 0.3) is 0 Å². The summed E-state index contributed by atoms with van der Waals surface area (Å²) in [5.74, 6) is 0.830. The van der Waals surface area contributed by atoms with E-state index in [0.717, 1.165) is 12.0 Å². The van der Waals surface area contributed by atoms with Crippen molar-refractivity contribution in [2.45, 2.75) is 25.7 Å². The van der Waals surface area contributed by atoms with E-state index in [0.29, 0.717) is 5.69 Å². The molecule has 0 spiro atoms. The molecule has 0 saturated carbocycles. The molecule has 1 aromatic carbocycles. The lowest BCUT2D eigenvalue weighted by molar-refractivity contribution is 0.483. The zero-order valence-electron chi connectivity index (χ0n) is 13.4. The predicted molar refractivity (Wildman–Crippen MR) is 93.7 cm³/mol. The van der Waals surface area contributed by atoms with Crippen molar-refractivity contribution in [3.8, 4) is 0 Å². The van der Waals surface area contributed by atoms with Crippen molar-refractivity contribution < 1.29 is 13.0 Å². The smallest absolute Gasteiger partial charge is 0.296 e. The zero-order valence-corrected chi connectivity index (χ0v) is 14.9. The lowest BCUT2D eigenvalue weighted by Gasteiger charge is -2.08. The number of hydrogen-bond donors (Lipinski definition) is 4. The summed E-state index contributed by atoms with van der Waals surface area (Å²) in [5.41, 5.74) is 11.2. The minimum atomic E-state index is -4.37. The average Bonchev–Trinajstić information content (AvgIpc) is 2.34. The van der Waals surface area contributed by atoms with Crippen LogP contribution in [0.2, 0.25) is 5.28 Å². The quantitative estimate of drug-likeness (QED) is 0.467. The Morgan fingerprint density at radius 3 is 2.21 bits per heavy atom.